The van der Waals surface area contributed by atoms with Gasteiger partial charge in [0.15, 0.2) is 0 Å². The molecule has 0 amide bonds. The van der Waals surface area contributed by atoms with Gasteiger partial charge in [0.05, 0.1) is 6.10 Å². The van der Waals surface area contributed by atoms with Crippen molar-refractivity contribution in [1.82, 2.24) is 4.90 Å². The summed E-state index contributed by atoms with van der Waals surface area (Å²) in [6.07, 6.45) is 10.4. The first kappa shape index (κ1) is 11.4. The molecule has 1 aliphatic carbocycles. The van der Waals surface area contributed by atoms with Crippen LogP contribution in [0.2, 0.25) is 0 Å². The van der Waals surface area contributed by atoms with Crippen LogP contribution in [0.4, 0.5) is 0 Å². The molecule has 0 aromatic carbocycles. The highest BCUT2D eigenvalue weighted by atomic mass is 16.5. The lowest BCUT2D eigenvalue weighted by molar-refractivity contribution is 0.0346. The third-order valence-electron chi connectivity index (χ3n) is 4.11. The summed E-state index contributed by atoms with van der Waals surface area (Å²) >= 11 is 0. The molecule has 1 heterocycles. The lowest BCUT2D eigenvalue weighted by Crippen LogP contribution is -2.39. The maximum atomic E-state index is 5.40. The summed E-state index contributed by atoms with van der Waals surface area (Å²) in [6.45, 7) is 3.88. The van der Waals surface area contributed by atoms with E-state index in [-0.39, 0.29) is 0 Å². The number of rotatable bonds is 3. The minimum absolute atomic E-state index is 0.535. The van der Waals surface area contributed by atoms with Gasteiger partial charge < -0.3 is 9.64 Å². The van der Waals surface area contributed by atoms with Crippen molar-refractivity contribution >= 4 is 0 Å². The minimum atomic E-state index is 0.535. The molecular weight excluding hydrogens is 186 g/mol. The van der Waals surface area contributed by atoms with Crippen molar-refractivity contribution in [2.45, 2.75) is 51.0 Å². The highest BCUT2D eigenvalue weighted by molar-refractivity contribution is 4.76. The van der Waals surface area contributed by atoms with Gasteiger partial charge in [-0.2, -0.15) is 0 Å². The van der Waals surface area contributed by atoms with E-state index in [9.17, 15) is 0 Å². The first-order chi connectivity index (χ1) is 7.38. The van der Waals surface area contributed by atoms with Crippen LogP contribution in [0.25, 0.3) is 0 Å². The van der Waals surface area contributed by atoms with Crippen LogP contribution in [0.15, 0.2) is 0 Å². The molecule has 2 nitrogen and oxygen atoms in total. The molecule has 1 saturated carbocycles. The SMILES string of the molecule is COC1CCN(CC2CCCCC2)CC1. The summed E-state index contributed by atoms with van der Waals surface area (Å²) in [6, 6.07) is 0. The third-order valence-corrected chi connectivity index (χ3v) is 4.11. The molecule has 2 rings (SSSR count). The van der Waals surface area contributed by atoms with Gasteiger partial charge in [-0.25, -0.2) is 0 Å². The van der Waals surface area contributed by atoms with Crippen LogP contribution in [0, 0.1) is 5.92 Å². The highest BCUT2D eigenvalue weighted by Crippen LogP contribution is 2.25. The number of likely N-dealkylation sites (tertiary alicyclic amines) is 1. The minimum Gasteiger partial charge on any atom is -0.381 e. The van der Waals surface area contributed by atoms with Crippen molar-refractivity contribution in [3.8, 4) is 0 Å². The molecule has 2 aliphatic rings. The fourth-order valence-electron chi connectivity index (χ4n) is 3.06. The van der Waals surface area contributed by atoms with Gasteiger partial charge in [0.2, 0.25) is 0 Å². The maximum Gasteiger partial charge on any atom is 0.0595 e. The first-order valence-electron chi connectivity index (χ1n) is 6.63. The molecule has 0 unspecified atom stereocenters. The summed E-state index contributed by atoms with van der Waals surface area (Å²) in [7, 11) is 1.85. The van der Waals surface area contributed by atoms with Crippen molar-refractivity contribution in [3.05, 3.63) is 0 Å². The van der Waals surface area contributed by atoms with E-state index in [4.69, 9.17) is 4.74 Å². The van der Waals surface area contributed by atoms with Gasteiger partial charge in [-0.1, -0.05) is 19.3 Å². The van der Waals surface area contributed by atoms with Crippen molar-refractivity contribution in [3.63, 3.8) is 0 Å². The van der Waals surface area contributed by atoms with Gasteiger partial charge in [0, 0.05) is 26.7 Å². The zero-order chi connectivity index (χ0) is 10.5. The largest absolute Gasteiger partial charge is 0.381 e. The van der Waals surface area contributed by atoms with Crippen LogP contribution in [0.5, 0.6) is 0 Å². The fourth-order valence-corrected chi connectivity index (χ4v) is 3.06. The lowest BCUT2D eigenvalue weighted by Gasteiger charge is -2.34. The summed E-state index contributed by atoms with van der Waals surface area (Å²) in [5.41, 5.74) is 0. The second-order valence-corrected chi connectivity index (χ2v) is 5.24. The van der Waals surface area contributed by atoms with Crippen LogP contribution in [-0.4, -0.2) is 37.7 Å². The molecule has 0 spiro atoms. The van der Waals surface area contributed by atoms with Crippen LogP contribution in [0.3, 0.4) is 0 Å². The Kier molecular flexibility index (Phi) is 4.45. The van der Waals surface area contributed by atoms with E-state index in [1.807, 2.05) is 7.11 Å². The van der Waals surface area contributed by atoms with Crippen LogP contribution >= 0.6 is 0 Å². The molecule has 88 valence electrons. The van der Waals surface area contributed by atoms with Crippen molar-refractivity contribution in [2.24, 2.45) is 5.92 Å². The lowest BCUT2D eigenvalue weighted by atomic mass is 9.88. The quantitative estimate of drug-likeness (QED) is 0.711. The molecule has 0 radical (unpaired) electrons. The van der Waals surface area contributed by atoms with E-state index in [2.05, 4.69) is 4.90 Å². The van der Waals surface area contributed by atoms with Crippen molar-refractivity contribution in [1.29, 1.82) is 0 Å². The second-order valence-electron chi connectivity index (χ2n) is 5.24. The van der Waals surface area contributed by atoms with E-state index < -0.39 is 0 Å². The van der Waals surface area contributed by atoms with Gasteiger partial charge in [-0.3, -0.25) is 0 Å². The molecular formula is C13H25NO. The molecule has 0 N–H and O–H groups in total. The summed E-state index contributed by atoms with van der Waals surface area (Å²) in [5, 5.41) is 0. The fraction of sp³-hybridized carbons (Fsp3) is 1.00. The number of methoxy groups -OCH3 is 1. The van der Waals surface area contributed by atoms with Gasteiger partial charge in [0.1, 0.15) is 0 Å². The monoisotopic (exact) mass is 211 g/mol. The Morgan fingerprint density at radius 3 is 2.27 bits per heavy atom. The van der Waals surface area contributed by atoms with E-state index in [1.165, 1.54) is 64.6 Å². The van der Waals surface area contributed by atoms with Crippen molar-refractivity contribution < 1.29 is 4.74 Å². The molecule has 0 bridgehead atoms. The Hall–Kier alpha value is -0.0800. The van der Waals surface area contributed by atoms with Crippen LogP contribution < -0.4 is 0 Å². The number of hydrogen-bond acceptors (Lipinski definition) is 2. The Labute approximate surface area is 94.0 Å². The van der Waals surface area contributed by atoms with Crippen LogP contribution in [0.1, 0.15) is 44.9 Å². The van der Waals surface area contributed by atoms with Crippen molar-refractivity contribution in [2.75, 3.05) is 26.7 Å². The van der Waals surface area contributed by atoms with E-state index >= 15 is 0 Å². The first-order valence-corrected chi connectivity index (χ1v) is 6.63. The number of nitrogens with zero attached hydrogens (tertiary/aromatic N) is 1. The zero-order valence-corrected chi connectivity index (χ0v) is 10.1. The van der Waals surface area contributed by atoms with E-state index in [0.717, 1.165) is 5.92 Å². The summed E-state index contributed by atoms with van der Waals surface area (Å²) < 4.78 is 5.40. The molecule has 15 heavy (non-hydrogen) atoms. The zero-order valence-electron chi connectivity index (χ0n) is 10.1. The average Bonchev–Trinajstić information content (AvgIpc) is 2.31. The Morgan fingerprint density at radius 2 is 1.67 bits per heavy atom. The van der Waals surface area contributed by atoms with Gasteiger partial charge in [-0.15, -0.1) is 0 Å². The standard InChI is InChI=1S/C13H25NO/c1-15-13-7-9-14(10-8-13)11-12-5-3-2-4-6-12/h12-13H,2-11H2,1H3. The highest BCUT2D eigenvalue weighted by Gasteiger charge is 2.22. The van der Waals surface area contributed by atoms with E-state index in [1.54, 1.807) is 0 Å². The second kappa shape index (κ2) is 5.86. The van der Waals surface area contributed by atoms with Gasteiger partial charge >= 0.3 is 0 Å². The number of ether oxygens (including phenoxy) is 1. The molecule has 1 aliphatic heterocycles. The Balaban J connectivity index is 1.67. The predicted molar refractivity (Wildman–Crippen MR) is 63.0 cm³/mol. The third kappa shape index (κ3) is 3.46. The smallest absolute Gasteiger partial charge is 0.0595 e. The van der Waals surface area contributed by atoms with Gasteiger partial charge in [0.25, 0.3) is 0 Å². The number of hydrogen-bond donors (Lipinski definition) is 0. The normalized spacial score (nSPS) is 27.0. The topological polar surface area (TPSA) is 12.5 Å². The molecule has 2 heteroatoms. The average molecular weight is 211 g/mol. The van der Waals surface area contributed by atoms with E-state index in [0.29, 0.717) is 6.10 Å². The Bertz CT molecular complexity index is 169. The predicted octanol–water partition coefficient (Wildman–Crippen LogP) is 2.68. The molecule has 0 atom stereocenters. The Morgan fingerprint density at radius 1 is 1.00 bits per heavy atom. The van der Waals surface area contributed by atoms with Crippen LogP contribution in [-0.2, 0) is 4.74 Å². The maximum absolute atomic E-state index is 5.40. The van der Waals surface area contributed by atoms with Gasteiger partial charge in [-0.05, 0) is 31.6 Å². The summed E-state index contributed by atoms with van der Waals surface area (Å²) in [5.74, 6) is 0.998. The number of piperidine rings is 1. The molecule has 1 saturated heterocycles. The summed E-state index contributed by atoms with van der Waals surface area (Å²) in [4.78, 5) is 2.66. The molecule has 0 aromatic heterocycles. The molecule has 2 fully saturated rings. The molecule has 0 aromatic rings.